The van der Waals surface area contributed by atoms with Gasteiger partial charge in [0.15, 0.2) is 4.34 Å². The molecular formula is C28H21FN4O4S2. The van der Waals surface area contributed by atoms with E-state index in [4.69, 9.17) is 4.74 Å². The Hall–Kier alpha value is -4.09. The number of aliphatic hydroxyl groups excluding tert-OH is 1. The summed E-state index contributed by atoms with van der Waals surface area (Å²) in [6.07, 6.45) is 3.82. The van der Waals surface area contributed by atoms with Gasteiger partial charge >= 0.3 is 5.91 Å². The van der Waals surface area contributed by atoms with Crippen LogP contribution in [0.5, 0.6) is 5.75 Å². The van der Waals surface area contributed by atoms with Crippen molar-refractivity contribution in [3.05, 3.63) is 101 Å². The fourth-order valence-corrected chi connectivity index (χ4v) is 6.57. The number of carbonyl (C=O) groups is 2. The fraction of sp³-hybridized carbons (Fsp3) is 0.179. The Morgan fingerprint density at radius 1 is 1.18 bits per heavy atom. The maximum absolute atomic E-state index is 14.0. The highest BCUT2D eigenvalue weighted by molar-refractivity contribution is 8.00. The molecule has 2 atom stereocenters. The number of anilines is 1. The topological polar surface area (TPSA) is 106 Å². The number of hydrogen-bond donors (Lipinski definition) is 1. The van der Waals surface area contributed by atoms with Crippen LogP contribution >= 0.6 is 23.1 Å². The molecule has 1 fully saturated rings. The Kier molecular flexibility index (Phi) is 6.61. The average molecular weight is 561 g/mol. The Bertz CT molecular complexity index is 1620. The van der Waals surface area contributed by atoms with Crippen LogP contribution in [0.4, 0.5) is 9.52 Å². The first kappa shape index (κ1) is 25.2. The monoisotopic (exact) mass is 560 g/mol. The Balaban J connectivity index is 1.38. The van der Waals surface area contributed by atoms with Gasteiger partial charge in [0.1, 0.15) is 23.4 Å². The van der Waals surface area contributed by atoms with Gasteiger partial charge in [-0.1, -0.05) is 47.4 Å². The molecule has 6 rings (SSSR count). The van der Waals surface area contributed by atoms with Gasteiger partial charge < -0.3 is 9.84 Å². The van der Waals surface area contributed by atoms with E-state index in [-0.39, 0.29) is 28.4 Å². The third-order valence-electron chi connectivity index (χ3n) is 6.52. The molecule has 2 aromatic carbocycles. The average Bonchev–Trinajstić information content (AvgIpc) is 3.63. The molecule has 4 aromatic rings. The molecule has 1 N–H and O–H groups in total. The van der Waals surface area contributed by atoms with Crippen molar-refractivity contribution in [2.45, 2.75) is 35.6 Å². The quantitative estimate of drug-likeness (QED) is 0.111. The molecule has 1 amide bonds. The minimum atomic E-state index is -0.959. The Morgan fingerprint density at radius 2 is 2.03 bits per heavy atom. The van der Waals surface area contributed by atoms with Crippen LogP contribution in [-0.4, -0.2) is 38.1 Å². The molecule has 0 radical (unpaired) electrons. The molecule has 0 aliphatic carbocycles. The standard InChI is InChI=1S/C28H21FN4O4S2/c1-15-11-19-12-16(8-9-21(19)37-15)24(34)22-23(17-6-4-10-30-13-17)33(26(36)25(22)35)27-31-32-28(39-27)38-14-18-5-2-3-7-20(18)29/h2-10,12-13,15,23,34H,11,14H2,1H3/b24-22+. The van der Waals surface area contributed by atoms with Gasteiger partial charge in [-0.05, 0) is 53.9 Å². The molecule has 2 aliphatic rings. The molecule has 4 heterocycles. The lowest BCUT2D eigenvalue weighted by Gasteiger charge is -2.22. The number of aliphatic hydroxyl groups is 1. The number of carbonyl (C=O) groups excluding carboxylic acids is 2. The number of amides is 1. The van der Waals surface area contributed by atoms with Crippen LogP contribution in [0.1, 0.15) is 35.2 Å². The first-order valence-corrected chi connectivity index (χ1v) is 13.9. The highest BCUT2D eigenvalue weighted by Gasteiger charge is 2.48. The van der Waals surface area contributed by atoms with Gasteiger partial charge in [0, 0.05) is 30.1 Å². The molecule has 11 heteroatoms. The summed E-state index contributed by atoms with van der Waals surface area (Å²) in [4.78, 5) is 32.2. The van der Waals surface area contributed by atoms with Crippen LogP contribution in [0, 0.1) is 5.82 Å². The summed E-state index contributed by atoms with van der Waals surface area (Å²) in [7, 11) is 0. The highest BCUT2D eigenvalue weighted by Crippen LogP contribution is 2.44. The summed E-state index contributed by atoms with van der Waals surface area (Å²) in [6, 6.07) is 14.1. The molecule has 8 nitrogen and oxygen atoms in total. The number of nitrogens with zero attached hydrogens (tertiary/aromatic N) is 4. The third kappa shape index (κ3) is 4.68. The van der Waals surface area contributed by atoms with E-state index in [1.54, 1.807) is 60.9 Å². The van der Waals surface area contributed by atoms with Crippen molar-refractivity contribution >= 4 is 45.7 Å². The van der Waals surface area contributed by atoms with E-state index < -0.39 is 17.7 Å². The number of Topliss-reactive ketones (excluding diaryl/α,β-unsaturated/α-hetero) is 1. The van der Waals surface area contributed by atoms with Crippen molar-refractivity contribution in [1.29, 1.82) is 0 Å². The maximum Gasteiger partial charge on any atom is 0.301 e. The van der Waals surface area contributed by atoms with Gasteiger partial charge in [0.25, 0.3) is 5.78 Å². The van der Waals surface area contributed by atoms with Gasteiger partial charge in [-0.2, -0.15) is 0 Å². The maximum atomic E-state index is 14.0. The summed E-state index contributed by atoms with van der Waals surface area (Å²) in [5.74, 6) is -1.20. The van der Waals surface area contributed by atoms with Gasteiger partial charge in [-0.25, -0.2) is 4.39 Å². The lowest BCUT2D eigenvalue weighted by Crippen LogP contribution is -2.29. The van der Waals surface area contributed by atoms with E-state index in [1.807, 2.05) is 6.92 Å². The normalized spacial score (nSPS) is 19.8. The number of halogens is 1. The molecule has 1 saturated heterocycles. The van der Waals surface area contributed by atoms with Gasteiger partial charge in [-0.3, -0.25) is 19.5 Å². The largest absolute Gasteiger partial charge is 0.507 e. The number of hydrogen-bond acceptors (Lipinski definition) is 9. The van der Waals surface area contributed by atoms with E-state index in [1.165, 1.54) is 22.7 Å². The van der Waals surface area contributed by atoms with E-state index >= 15 is 0 Å². The number of rotatable bonds is 6. The second-order valence-electron chi connectivity index (χ2n) is 9.14. The minimum absolute atomic E-state index is 0.0150. The second-order valence-corrected chi connectivity index (χ2v) is 11.3. The number of benzene rings is 2. The lowest BCUT2D eigenvalue weighted by molar-refractivity contribution is -0.132. The zero-order chi connectivity index (χ0) is 27.1. The summed E-state index contributed by atoms with van der Waals surface area (Å²) < 4.78 is 20.3. The summed E-state index contributed by atoms with van der Waals surface area (Å²) in [5, 5.41) is 19.9. The number of ketones is 1. The number of aromatic nitrogens is 3. The zero-order valence-electron chi connectivity index (χ0n) is 20.6. The van der Waals surface area contributed by atoms with Crippen molar-refractivity contribution in [3.8, 4) is 5.75 Å². The first-order valence-electron chi connectivity index (χ1n) is 12.1. The fourth-order valence-electron chi connectivity index (χ4n) is 4.72. The summed E-state index contributed by atoms with van der Waals surface area (Å²) in [5.41, 5.74) is 2.32. The van der Waals surface area contributed by atoms with Gasteiger partial charge in [-0.15, -0.1) is 10.2 Å². The smallest absolute Gasteiger partial charge is 0.301 e. The van der Waals surface area contributed by atoms with Crippen molar-refractivity contribution in [2.24, 2.45) is 0 Å². The molecule has 2 aliphatic heterocycles. The van der Waals surface area contributed by atoms with E-state index in [9.17, 15) is 19.1 Å². The van der Waals surface area contributed by atoms with Crippen LogP contribution in [0.15, 0.2) is 76.9 Å². The van der Waals surface area contributed by atoms with Gasteiger partial charge in [0.2, 0.25) is 5.13 Å². The predicted octanol–water partition coefficient (Wildman–Crippen LogP) is 5.31. The molecule has 2 unspecified atom stereocenters. The van der Waals surface area contributed by atoms with Crippen LogP contribution in [0.3, 0.4) is 0 Å². The van der Waals surface area contributed by atoms with E-state index in [0.29, 0.717) is 33.2 Å². The Morgan fingerprint density at radius 3 is 2.82 bits per heavy atom. The lowest BCUT2D eigenvalue weighted by atomic mass is 9.95. The molecular weight excluding hydrogens is 539 g/mol. The van der Waals surface area contributed by atoms with Gasteiger partial charge in [0.05, 0.1) is 11.6 Å². The highest BCUT2D eigenvalue weighted by atomic mass is 32.2. The number of ether oxygens (including phenoxy) is 1. The van der Waals surface area contributed by atoms with Crippen molar-refractivity contribution in [2.75, 3.05) is 4.90 Å². The molecule has 39 heavy (non-hydrogen) atoms. The van der Waals surface area contributed by atoms with Crippen LogP contribution in [0.25, 0.3) is 5.76 Å². The molecule has 0 saturated carbocycles. The van der Waals surface area contributed by atoms with E-state index in [0.717, 1.165) is 22.6 Å². The SMILES string of the molecule is CC1Cc2cc(/C(O)=C3\C(=O)C(=O)N(c4nnc(SCc5ccccc5F)s4)C3c3cccnc3)ccc2O1. The van der Waals surface area contributed by atoms with Crippen molar-refractivity contribution in [1.82, 2.24) is 15.2 Å². The third-order valence-corrected chi connectivity index (χ3v) is 8.63. The predicted molar refractivity (Wildman–Crippen MR) is 145 cm³/mol. The molecule has 0 spiro atoms. The molecule has 2 aromatic heterocycles. The second kappa shape index (κ2) is 10.2. The minimum Gasteiger partial charge on any atom is -0.507 e. The number of pyridine rings is 1. The number of thioether (sulfide) groups is 1. The Labute approximate surface area is 231 Å². The molecule has 196 valence electrons. The van der Waals surface area contributed by atoms with Crippen molar-refractivity contribution < 1.29 is 23.8 Å². The summed E-state index contributed by atoms with van der Waals surface area (Å²) in [6.45, 7) is 1.96. The summed E-state index contributed by atoms with van der Waals surface area (Å²) >= 11 is 2.39. The van der Waals surface area contributed by atoms with Crippen LogP contribution in [-0.2, 0) is 21.8 Å². The molecule has 0 bridgehead atoms. The zero-order valence-corrected chi connectivity index (χ0v) is 22.2. The first-order chi connectivity index (χ1) is 18.9. The van der Waals surface area contributed by atoms with Crippen molar-refractivity contribution in [3.63, 3.8) is 0 Å². The van der Waals surface area contributed by atoms with Crippen LogP contribution < -0.4 is 9.64 Å². The van der Waals surface area contributed by atoms with Crippen LogP contribution in [0.2, 0.25) is 0 Å². The number of fused-ring (bicyclic) bond motifs is 1. The van der Waals surface area contributed by atoms with E-state index in [2.05, 4.69) is 15.2 Å².